The van der Waals surface area contributed by atoms with E-state index in [9.17, 15) is 4.79 Å². The van der Waals surface area contributed by atoms with E-state index in [-0.39, 0.29) is 11.9 Å². The molecule has 1 aromatic carbocycles. The van der Waals surface area contributed by atoms with Crippen molar-refractivity contribution in [2.75, 3.05) is 5.75 Å². The van der Waals surface area contributed by atoms with Gasteiger partial charge in [0.05, 0.1) is 10.8 Å². The van der Waals surface area contributed by atoms with E-state index in [4.69, 9.17) is 11.6 Å². The van der Waals surface area contributed by atoms with Gasteiger partial charge in [-0.2, -0.15) is 0 Å². The zero-order chi connectivity index (χ0) is 16.8. The zero-order valence-corrected chi connectivity index (χ0v) is 15.1. The lowest BCUT2D eigenvalue weighted by Gasteiger charge is -2.12. The Morgan fingerprint density at radius 2 is 2.13 bits per heavy atom. The first-order valence-electron chi connectivity index (χ1n) is 7.59. The van der Waals surface area contributed by atoms with Crippen LogP contribution in [0.25, 0.3) is 11.4 Å². The van der Waals surface area contributed by atoms with Gasteiger partial charge in [-0.3, -0.25) is 4.79 Å². The van der Waals surface area contributed by atoms with Gasteiger partial charge in [-0.05, 0) is 25.5 Å². The number of benzene rings is 1. The molecule has 0 aliphatic carbocycles. The molecule has 1 N–H and O–H groups in total. The van der Waals surface area contributed by atoms with Gasteiger partial charge in [0.25, 0.3) is 0 Å². The van der Waals surface area contributed by atoms with Crippen LogP contribution in [0.2, 0.25) is 5.02 Å². The van der Waals surface area contributed by atoms with Crippen LogP contribution in [0.3, 0.4) is 0 Å². The van der Waals surface area contributed by atoms with Crippen LogP contribution in [-0.4, -0.2) is 32.5 Å². The molecule has 1 amide bonds. The standard InChI is InChI=1S/C16H21ClN4OS/c1-4-7-11(2)18-14(22)10-23-16-20-19-15(21(16)3)12-8-5-6-9-13(12)17/h5-6,8-9,11H,4,7,10H2,1-3H3,(H,18,22)/t11-/m1/s1. The monoisotopic (exact) mass is 352 g/mol. The molecule has 7 heteroatoms. The van der Waals surface area contributed by atoms with E-state index in [1.807, 2.05) is 42.8 Å². The van der Waals surface area contributed by atoms with Crippen molar-refractivity contribution in [2.45, 2.75) is 37.9 Å². The van der Waals surface area contributed by atoms with Crippen molar-refractivity contribution in [1.29, 1.82) is 0 Å². The van der Waals surface area contributed by atoms with Crippen molar-refractivity contribution in [3.05, 3.63) is 29.3 Å². The number of carbonyl (C=O) groups excluding carboxylic acids is 1. The third kappa shape index (κ3) is 4.72. The smallest absolute Gasteiger partial charge is 0.230 e. The Labute approximate surface area is 145 Å². The average molecular weight is 353 g/mol. The molecule has 0 saturated heterocycles. The fourth-order valence-electron chi connectivity index (χ4n) is 2.27. The van der Waals surface area contributed by atoms with Crippen LogP contribution in [-0.2, 0) is 11.8 Å². The fourth-order valence-corrected chi connectivity index (χ4v) is 3.21. The molecule has 2 rings (SSSR count). The van der Waals surface area contributed by atoms with Crippen molar-refractivity contribution in [2.24, 2.45) is 7.05 Å². The fraction of sp³-hybridized carbons (Fsp3) is 0.438. The number of hydrogen-bond acceptors (Lipinski definition) is 4. The Morgan fingerprint density at radius 3 is 2.83 bits per heavy atom. The Hall–Kier alpha value is -1.53. The SMILES string of the molecule is CCC[C@@H](C)NC(=O)CSc1nnc(-c2ccccc2Cl)n1C. The van der Waals surface area contributed by atoms with Gasteiger partial charge in [-0.1, -0.05) is 48.8 Å². The maximum absolute atomic E-state index is 11.9. The van der Waals surface area contributed by atoms with Gasteiger partial charge < -0.3 is 9.88 Å². The summed E-state index contributed by atoms with van der Waals surface area (Å²) in [4.78, 5) is 11.9. The Kier molecular flexibility index (Phi) is 6.47. The van der Waals surface area contributed by atoms with Gasteiger partial charge in [-0.15, -0.1) is 10.2 Å². The number of carbonyl (C=O) groups is 1. The average Bonchev–Trinajstić information content (AvgIpc) is 2.87. The molecule has 124 valence electrons. The molecular formula is C16H21ClN4OS. The van der Waals surface area contributed by atoms with E-state index >= 15 is 0 Å². The Morgan fingerprint density at radius 1 is 1.39 bits per heavy atom. The second-order valence-electron chi connectivity index (χ2n) is 5.39. The third-order valence-corrected chi connectivity index (χ3v) is 4.76. The van der Waals surface area contributed by atoms with Gasteiger partial charge in [0, 0.05) is 18.7 Å². The number of hydrogen-bond donors (Lipinski definition) is 1. The molecule has 0 aliphatic heterocycles. The van der Waals surface area contributed by atoms with Crippen LogP contribution in [0.5, 0.6) is 0 Å². The lowest BCUT2D eigenvalue weighted by molar-refractivity contribution is -0.119. The maximum Gasteiger partial charge on any atom is 0.230 e. The minimum Gasteiger partial charge on any atom is -0.353 e. The summed E-state index contributed by atoms with van der Waals surface area (Å²) in [7, 11) is 1.87. The first-order chi connectivity index (χ1) is 11.0. The molecule has 23 heavy (non-hydrogen) atoms. The molecule has 0 unspecified atom stereocenters. The van der Waals surface area contributed by atoms with Gasteiger partial charge in [0.1, 0.15) is 0 Å². The van der Waals surface area contributed by atoms with E-state index in [2.05, 4.69) is 22.4 Å². The van der Waals surface area contributed by atoms with Gasteiger partial charge >= 0.3 is 0 Å². The Balaban J connectivity index is 2.00. The number of halogens is 1. The van der Waals surface area contributed by atoms with Crippen LogP contribution >= 0.6 is 23.4 Å². The molecule has 0 bridgehead atoms. The number of thioether (sulfide) groups is 1. The number of aromatic nitrogens is 3. The predicted octanol–water partition coefficient (Wildman–Crippen LogP) is 3.53. The number of nitrogens with one attached hydrogen (secondary N) is 1. The van der Waals surface area contributed by atoms with Crippen LogP contribution in [0.1, 0.15) is 26.7 Å². The number of rotatable bonds is 7. The van der Waals surface area contributed by atoms with E-state index in [1.54, 1.807) is 0 Å². The van der Waals surface area contributed by atoms with Crippen molar-refractivity contribution >= 4 is 29.3 Å². The molecule has 0 spiro atoms. The number of nitrogens with zero attached hydrogens (tertiary/aromatic N) is 3. The van der Waals surface area contributed by atoms with Gasteiger partial charge in [0.2, 0.25) is 5.91 Å². The molecule has 5 nitrogen and oxygen atoms in total. The Bertz CT molecular complexity index is 674. The van der Waals surface area contributed by atoms with E-state index in [0.717, 1.165) is 18.4 Å². The highest BCUT2D eigenvalue weighted by molar-refractivity contribution is 7.99. The van der Waals surface area contributed by atoms with Crippen LogP contribution in [0.4, 0.5) is 0 Å². The highest BCUT2D eigenvalue weighted by Crippen LogP contribution is 2.28. The summed E-state index contributed by atoms with van der Waals surface area (Å²) in [5, 5.41) is 12.7. The van der Waals surface area contributed by atoms with Crippen molar-refractivity contribution < 1.29 is 4.79 Å². The normalized spacial score (nSPS) is 12.2. The van der Waals surface area contributed by atoms with Gasteiger partial charge in [-0.25, -0.2) is 0 Å². The topological polar surface area (TPSA) is 59.8 Å². The molecule has 0 radical (unpaired) electrons. The summed E-state index contributed by atoms with van der Waals surface area (Å²) in [6.45, 7) is 4.12. The first kappa shape index (κ1) is 17.8. The molecule has 1 aromatic heterocycles. The second-order valence-corrected chi connectivity index (χ2v) is 6.74. The van der Waals surface area contributed by atoms with E-state index in [0.29, 0.717) is 21.8 Å². The summed E-state index contributed by atoms with van der Waals surface area (Å²) >= 11 is 7.57. The lowest BCUT2D eigenvalue weighted by atomic mass is 10.2. The van der Waals surface area contributed by atoms with Crippen molar-refractivity contribution in [3.8, 4) is 11.4 Å². The maximum atomic E-state index is 11.9. The number of amides is 1. The minimum absolute atomic E-state index is 0.0123. The minimum atomic E-state index is 0.0123. The first-order valence-corrected chi connectivity index (χ1v) is 8.95. The highest BCUT2D eigenvalue weighted by Gasteiger charge is 2.15. The van der Waals surface area contributed by atoms with E-state index < -0.39 is 0 Å². The highest BCUT2D eigenvalue weighted by atomic mass is 35.5. The lowest BCUT2D eigenvalue weighted by Crippen LogP contribution is -2.33. The van der Waals surface area contributed by atoms with Crippen molar-refractivity contribution in [3.63, 3.8) is 0 Å². The zero-order valence-electron chi connectivity index (χ0n) is 13.5. The van der Waals surface area contributed by atoms with Crippen LogP contribution in [0, 0.1) is 0 Å². The van der Waals surface area contributed by atoms with Crippen LogP contribution < -0.4 is 5.32 Å². The summed E-state index contributed by atoms with van der Waals surface area (Å²) in [6, 6.07) is 7.71. The molecule has 0 saturated carbocycles. The summed E-state index contributed by atoms with van der Waals surface area (Å²) in [5.41, 5.74) is 0.831. The molecule has 1 heterocycles. The van der Waals surface area contributed by atoms with E-state index in [1.165, 1.54) is 11.8 Å². The summed E-state index contributed by atoms with van der Waals surface area (Å²) in [5.74, 6) is 1.03. The largest absolute Gasteiger partial charge is 0.353 e. The molecular weight excluding hydrogens is 332 g/mol. The molecule has 0 aliphatic rings. The second kappa shape index (κ2) is 8.36. The summed E-state index contributed by atoms with van der Waals surface area (Å²) < 4.78 is 1.86. The third-order valence-electron chi connectivity index (χ3n) is 3.41. The quantitative estimate of drug-likeness (QED) is 0.774. The molecule has 0 fully saturated rings. The molecule has 1 atom stereocenters. The van der Waals surface area contributed by atoms with Gasteiger partial charge in [0.15, 0.2) is 11.0 Å². The van der Waals surface area contributed by atoms with Crippen molar-refractivity contribution in [1.82, 2.24) is 20.1 Å². The predicted molar refractivity (Wildman–Crippen MR) is 94.7 cm³/mol. The molecule has 2 aromatic rings. The van der Waals surface area contributed by atoms with Crippen LogP contribution in [0.15, 0.2) is 29.4 Å². The summed E-state index contributed by atoms with van der Waals surface area (Å²) in [6.07, 6.45) is 2.04.